The zero-order chi connectivity index (χ0) is 8.67. The second kappa shape index (κ2) is 2.82. The second-order valence-electron chi connectivity index (χ2n) is 3.63. The summed E-state index contributed by atoms with van der Waals surface area (Å²) in [7, 11) is 0. The van der Waals surface area contributed by atoms with Crippen LogP contribution in [0.25, 0.3) is 0 Å². The summed E-state index contributed by atoms with van der Waals surface area (Å²) in [5.74, 6) is 0. The predicted molar refractivity (Wildman–Crippen MR) is 48.4 cm³/mol. The number of benzene rings is 1. The standard InChI is InChI=1S/C11H12O2/c1-2-4-8(5-3-1)10-11-9(13-10)6-7-12-11/h1-5,9-11H,6-7H2/t9-,10-,11-/m0/s1. The average molecular weight is 176 g/mol. The molecule has 0 aliphatic carbocycles. The maximum atomic E-state index is 5.72. The molecule has 68 valence electrons. The topological polar surface area (TPSA) is 18.5 Å². The highest BCUT2D eigenvalue weighted by atomic mass is 16.6. The molecule has 2 saturated heterocycles. The molecule has 2 heteroatoms. The maximum absolute atomic E-state index is 5.72. The molecule has 3 atom stereocenters. The highest BCUT2D eigenvalue weighted by molar-refractivity contribution is 5.22. The molecular formula is C11H12O2. The van der Waals surface area contributed by atoms with Gasteiger partial charge in [-0.25, -0.2) is 0 Å². The Bertz CT molecular complexity index is 296. The van der Waals surface area contributed by atoms with Crippen molar-refractivity contribution in [2.45, 2.75) is 24.7 Å². The Morgan fingerprint density at radius 1 is 1.15 bits per heavy atom. The minimum absolute atomic E-state index is 0.189. The zero-order valence-electron chi connectivity index (χ0n) is 7.35. The van der Waals surface area contributed by atoms with E-state index < -0.39 is 0 Å². The number of hydrogen-bond donors (Lipinski definition) is 0. The predicted octanol–water partition coefficient (Wildman–Crippen LogP) is 1.92. The fourth-order valence-corrected chi connectivity index (χ4v) is 2.11. The van der Waals surface area contributed by atoms with Crippen LogP contribution < -0.4 is 0 Å². The summed E-state index contributed by atoms with van der Waals surface area (Å²) in [6.07, 6.45) is 1.94. The zero-order valence-corrected chi connectivity index (χ0v) is 7.35. The molecule has 0 amide bonds. The van der Waals surface area contributed by atoms with Crippen LogP contribution in [0.5, 0.6) is 0 Å². The van der Waals surface area contributed by atoms with E-state index in [0.717, 1.165) is 13.0 Å². The molecule has 1 aromatic carbocycles. The Kier molecular flexibility index (Phi) is 1.64. The normalized spacial score (nSPS) is 36.8. The molecule has 3 rings (SSSR count). The first-order valence-corrected chi connectivity index (χ1v) is 4.77. The third kappa shape index (κ3) is 1.10. The van der Waals surface area contributed by atoms with Gasteiger partial charge in [-0.3, -0.25) is 0 Å². The lowest BCUT2D eigenvalue weighted by Gasteiger charge is -2.39. The van der Waals surface area contributed by atoms with Crippen LogP contribution in [0.4, 0.5) is 0 Å². The molecule has 0 N–H and O–H groups in total. The van der Waals surface area contributed by atoms with Gasteiger partial charge in [-0.2, -0.15) is 0 Å². The van der Waals surface area contributed by atoms with Crippen molar-refractivity contribution in [3.05, 3.63) is 35.9 Å². The van der Waals surface area contributed by atoms with Gasteiger partial charge in [0.25, 0.3) is 0 Å². The quantitative estimate of drug-likeness (QED) is 0.650. The van der Waals surface area contributed by atoms with Crippen molar-refractivity contribution in [1.82, 2.24) is 0 Å². The SMILES string of the molecule is c1ccc([C@@H]2O[C@H]3CCO[C@@H]32)cc1. The smallest absolute Gasteiger partial charge is 0.114 e. The molecule has 1 aromatic rings. The third-order valence-corrected chi connectivity index (χ3v) is 2.83. The van der Waals surface area contributed by atoms with E-state index in [1.54, 1.807) is 0 Å². The molecule has 2 aliphatic heterocycles. The summed E-state index contributed by atoms with van der Waals surface area (Å²) in [6.45, 7) is 0.860. The van der Waals surface area contributed by atoms with Crippen LogP contribution >= 0.6 is 0 Å². The van der Waals surface area contributed by atoms with Crippen molar-refractivity contribution in [1.29, 1.82) is 0 Å². The number of hydrogen-bond acceptors (Lipinski definition) is 2. The number of ether oxygens (including phenoxy) is 2. The molecule has 2 fully saturated rings. The first-order valence-electron chi connectivity index (χ1n) is 4.77. The summed E-state index contributed by atoms with van der Waals surface area (Å²) in [4.78, 5) is 0. The van der Waals surface area contributed by atoms with Gasteiger partial charge in [-0.1, -0.05) is 30.3 Å². The molecule has 0 aromatic heterocycles. The Morgan fingerprint density at radius 2 is 2.00 bits per heavy atom. The van der Waals surface area contributed by atoms with Crippen molar-refractivity contribution in [2.24, 2.45) is 0 Å². The fourth-order valence-electron chi connectivity index (χ4n) is 2.11. The van der Waals surface area contributed by atoms with E-state index >= 15 is 0 Å². The molecule has 2 nitrogen and oxygen atoms in total. The highest BCUT2D eigenvalue weighted by Crippen LogP contribution is 2.42. The second-order valence-corrected chi connectivity index (χ2v) is 3.63. The van der Waals surface area contributed by atoms with E-state index in [4.69, 9.17) is 9.47 Å². The van der Waals surface area contributed by atoms with E-state index in [9.17, 15) is 0 Å². The summed E-state index contributed by atoms with van der Waals surface area (Å²) >= 11 is 0. The molecule has 13 heavy (non-hydrogen) atoms. The largest absolute Gasteiger partial charge is 0.372 e. The van der Waals surface area contributed by atoms with Gasteiger partial charge >= 0.3 is 0 Å². The Labute approximate surface area is 77.5 Å². The minimum Gasteiger partial charge on any atom is -0.372 e. The monoisotopic (exact) mass is 176 g/mol. The van der Waals surface area contributed by atoms with Gasteiger partial charge in [-0.05, 0) is 12.0 Å². The fraction of sp³-hybridized carbons (Fsp3) is 0.455. The van der Waals surface area contributed by atoms with E-state index in [1.165, 1.54) is 5.56 Å². The molecule has 0 spiro atoms. The molecule has 0 bridgehead atoms. The summed E-state index contributed by atoms with van der Waals surface area (Å²) in [6, 6.07) is 10.3. The average Bonchev–Trinajstić information content (AvgIpc) is 2.50. The van der Waals surface area contributed by atoms with Crippen molar-refractivity contribution >= 4 is 0 Å². The molecule has 0 saturated carbocycles. The maximum Gasteiger partial charge on any atom is 0.114 e. The van der Waals surface area contributed by atoms with Crippen molar-refractivity contribution in [2.75, 3.05) is 6.61 Å². The molecule has 2 heterocycles. The van der Waals surface area contributed by atoms with Gasteiger partial charge in [0.15, 0.2) is 0 Å². The molecular weight excluding hydrogens is 164 g/mol. The third-order valence-electron chi connectivity index (χ3n) is 2.83. The van der Waals surface area contributed by atoms with Gasteiger partial charge < -0.3 is 9.47 Å². The summed E-state index contributed by atoms with van der Waals surface area (Å²) in [5, 5.41) is 0. The van der Waals surface area contributed by atoms with Crippen LogP contribution in [0.15, 0.2) is 30.3 Å². The van der Waals surface area contributed by atoms with Crippen molar-refractivity contribution < 1.29 is 9.47 Å². The number of fused-ring (bicyclic) bond motifs is 1. The van der Waals surface area contributed by atoms with Gasteiger partial charge in [0, 0.05) is 6.61 Å². The molecule has 2 aliphatic rings. The van der Waals surface area contributed by atoms with Gasteiger partial charge in [-0.15, -0.1) is 0 Å². The number of rotatable bonds is 1. The Hall–Kier alpha value is -0.860. The van der Waals surface area contributed by atoms with Crippen LogP contribution in [-0.2, 0) is 9.47 Å². The van der Waals surface area contributed by atoms with E-state index in [1.807, 2.05) is 18.2 Å². The molecule has 0 unspecified atom stereocenters. The van der Waals surface area contributed by atoms with E-state index in [2.05, 4.69) is 12.1 Å². The van der Waals surface area contributed by atoms with Gasteiger partial charge in [0.05, 0.1) is 6.10 Å². The van der Waals surface area contributed by atoms with Crippen LogP contribution in [0.3, 0.4) is 0 Å². The van der Waals surface area contributed by atoms with E-state index in [-0.39, 0.29) is 6.10 Å². The lowest BCUT2D eigenvalue weighted by Crippen LogP contribution is -2.44. The van der Waals surface area contributed by atoms with Crippen LogP contribution in [0, 0.1) is 0 Å². The van der Waals surface area contributed by atoms with Crippen LogP contribution in [0.2, 0.25) is 0 Å². The Balaban J connectivity index is 1.81. The van der Waals surface area contributed by atoms with Gasteiger partial charge in [0.2, 0.25) is 0 Å². The van der Waals surface area contributed by atoms with Crippen molar-refractivity contribution in [3.8, 4) is 0 Å². The van der Waals surface area contributed by atoms with Crippen molar-refractivity contribution in [3.63, 3.8) is 0 Å². The first kappa shape index (κ1) is 7.54. The highest BCUT2D eigenvalue weighted by Gasteiger charge is 2.47. The van der Waals surface area contributed by atoms with Gasteiger partial charge in [0.1, 0.15) is 12.2 Å². The summed E-state index contributed by atoms with van der Waals surface area (Å²) in [5.41, 5.74) is 1.24. The van der Waals surface area contributed by atoms with E-state index in [0.29, 0.717) is 12.2 Å². The van der Waals surface area contributed by atoms with Crippen LogP contribution in [-0.4, -0.2) is 18.8 Å². The minimum atomic E-state index is 0.189. The molecule has 0 radical (unpaired) electrons. The lowest BCUT2D eigenvalue weighted by atomic mass is 9.94. The van der Waals surface area contributed by atoms with Crippen LogP contribution in [0.1, 0.15) is 18.1 Å². The first-order chi connectivity index (χ1) is 6.45. The summed E-state index contributed by atoms with van der Waals surface area (Å²) < 4.78 is 11.3. The Morgan fingerprint density at radius 3 is 2.77 bits per heavy atom. The lowest BCUT2D eigenvalue weighted by molar-refractivity contribution is -0.202.